The smallest absolute Gasteiger partial charge is 0.326 e. The molecular formula is C11H14N4O5S. The number of hydrogen-bond acceptors (Lipinski definition) is 6. The van der Waals surface area contributed by atoms with Gasteiger partial charge in [0.05, 0.1) is 12.2 Å². The summed E-state index contributed by atoms with van der Waals surface area (Å²) in [5, 5.41) is 27.9. The van der Waals surface area contributed by atoms with E-state index in [9.17, 15) is 14.4 Å². The molecule has 1 aromatic heterocycles. The van der Waals surface area contributed by atoms with E-state index in [0.29, 0.717) is 11.2 Å². The van der Waals surface area contributed by atoms with Crippen LogP contribution in [0.4, 0.5) is 0 Å². The van der Waals surface area contributed by atoms with Gasteiger partial charge >= 0.3 is 11.9 Å². The van der Waals surface area contributed by atoms with Gasteiger partial charge in [0.1, 0.15) is 12.4 Å². The summed E-state index contributed by atoms with van der Waals surface area (Å²) in [4.78, 5) is 33.1. The van der Waals surface area contributed by atoms with Gasteiger partial charge < -0.3 is 20.1 Å². The van der Waals surface area contributed by atoms with Crippen molar-refractivity contribution in [1.82, 2.24) is 20.1 Å². The standard InChI is InChI=1S/C11H14N4O5S/c16-8(13-7(10(19)20)3-9(17)18)4-21-11-14-12-5-15(11)6-1-2-6/h5-7H,1-4H2,(H,13,16)(H,17,18)(H,19,20)/t7-/m1/s1. The van der Waals surface area contributed by atoms with Crippen molar-refractivity contribution in [3.63, 3.8) is 0 Å². The first-order chi connectivity index (χ1) is 9.97. The van der Waals surface area contributed by atoms with Crippen molar-refractivity contribution < 1.29 is 24.6 Å². The Kier molecular flexibility index (Phi) is 4.78. The molecule has 21 heavy (non-hydrogen) atoms. The van der Waals surface area contributed by atoms with Crippen LogP contribution in [-0.4, -0.2) is 54.6 Å². The Balaban J connectivity index is 1.84. The molecule has 0 aromatic carbocycles. The predicted octanol–water partition coefficient (Wildman–Crippen LogP) is -0.251. The van der Waals surface area contributed by atoms with Crippen molar-refractivity contribution in [2.24, 2.45) is 0 Å². The number of rotatable bonds is 8. The Hall–Kier alpha value is -2.10. The van der Waals surface area contributed by atoms with Crippen LogP contribution in [0, 0.1) is 0 Å². The number of carboxylic acids is 2. The van der Waals surface area contributed by atoms with Crippen molar-refractivity contribution in [3.05, 3.63) is 6.33 Å². The zero-order chi connectivity index (χ0) is 15.4. The third kappa shape index (κ3) is 4.45. The Morgan fingerprint density at radius 2 is 2.14 bits per heavy atom. The molecule has 1 saturated carbocycles. The summed E-state index contributed by atoms with van der Waals surface area (Å²) in [6.45, 7) is 0. The average Bonchev–Trinajstić information content (AvgIpc) is 3.14. The molecule has 114 valence electrons. The molecule has 1 aliphatic rings. The van der Waals surface area contributed by atoms with E-state index < -0.39 is 30.3 Å². The number of nitrogens with one attached hydrogen (secondary N) is 1. The van der Waals surface area contributed by atoms with E-state index in [-0.39, 0.29) is 5.75 Å². The second-order valence-electron chi connectivity index (χ2n) is 4.60. The van der Waals surface area contributed by atoms with E-state index in [4.69, 9.17) is 10.2 Å². The monoisotopic (exact) mass is 314 g/mol. The molecule has 0 saturated heterocycles. The highest BCUT2D eigenvalue weighted by Crippen LogP contribution is 2.37. The van der Waals surface area contributed by atoms with E-state index in [1.54, 1.807) is 6.33 Å². The average molecular weight is 314 g/mol. The van der Waals surface area contributed by atoms with Gasteiger partial charge in [-0.2, -0.15) is 0 Å². The van der Waals surface area contributed by atoms with Crippen molar-refractivity contribution in [2.75, 3.05) is 5.75 Å². The molecule has 1 atom stereocenters. The van der Waals surface area contributed by atoms with Crippen LogP contribution < -0.4 is 5.32 Å². The van der Waals surface area contributed by atoms with Gasteiger partial charge in [0.15, 0.2) is 5.16 Å². The zero-order valence-electron chi connectivity index (χ0n) is 10.9. The summed E-state index contributed by atoms with van der Waals surface area (Å²) < 4.78 is 1.88. The maximum absolute atomic E-state index is 11.7. The molecule has 0 spiro atoms. The molecule has 0 unspecified atom stereocenters. The van der Waals surface area contributed by atoms with E-state index in [1.807, 2.05) is 4.57 Å². The maximum atomic E-state index is 11.7. The number of thioether (sulfide) groups is 1. The molecular weight excluding hydrogens is 300 g/mol. The second-order valence-corrected chi connectivity index (χ2v) is 5.54. The van der Waals surface area contributed by atoms with Gasteiger partial charge in [-0.05, 0) is 12.8 Å². The molecule has 1 aliphatic carbocycles. The Labute approximate surface area is 123 Å². The van der Waals surface area contributed by atoms with Gasteiger partial charge in [-0.25, -0.2) is 4.79 Å². The van der Waals surface area contributed by atoms with E-state index in [2.05, 4.69) is 15.5 Å². The molecule has 1 heterocycles. The first-order valence-corrected chi connectivity index (χ1v) is 7.22. The lowest BCUT2D eigenvalue weighted by molar-refractivity contribution is -0.147. The molecule has 0 bridgehead atoms. The molecule has 1 amide bonds. The first-order valence-electron chi connectivity index (χ1n) is 6.23. The second kappa shape index (κ2) is 6.57. The van der Waals surface area contributed by atoms with Crippen LogP contribution >= 0.6 is 11.8 Å². The van der Waals surface area contributed by atoms with E-state index in [0.717, 1.165) is 24.6 Å². The normalized spacial score (nSPS) is 15.4. The number of nitrogens with zero attached hydrogens (tertiary/aromatic N) is 3. The van der Waals surface area contributed by atoms with E-state index in [1.165, 1.54) is 0 Å². The van der Waals surface area contributed by atoms with Crippen LogP contribution in [0.1, 0.15) is 25.3 Å². The fourth-order valence-corrected chi connectivity index (χ4v) is 2.47. The highest BCUT2D eigenvalue weighted by molar-refractivity contribution is 7.99. The topological polar surface area (TPSA) is 134 Å². The van der Waals surface area contributed by atoms with Crippen LogP contribution in [0.3, 0.4) is 0 Å². The maximum Gasteiger partial charge on any atom is 0.326 e. The Morgan fingerprint density at radius 1 is 1.43 bits per heavy atom. The van der Waals surface area contributed by atoms with Gasteiger partial charge in [0.25, 0.3) is 0 Å². The Bertz CT molecular complexity index is 557. The molecule has 9 nitrogen and oxygen atoms in total. The zero-order valence-corrected chi connectivity index (χ0v) is 11.7. The van der Waals surface area contributed by atoms with Crippen molar-refractivity contribution in [3.8, 4) is 0 Å². The Morgan fingerprint density at radius 3 is 2.71 bits per heavy atom. The fourth-order valence-electron chi connectivity index (χ4n) is 1.68. The number of carbonyl (C=O) groups is 3. The minimum absolute atomic E-state index is 0.0468. The van der Waals surface area contributed by atoms with Gasteiger partial charge in [0.2, 0.25) is 5.91 Å². The summed E-state index contributed by atoms with van der Waals surface area (Å²) in [6, 6.07) is -1.05. The third-order valence-corrected chi connectivity index (χ3v) is 3.78. The summed E-state index contributed by atoms with van der Waals surface area (Å²) >= 11 is 1.14. The molecule has 0 radical (unpaired) electrons. The number of hydrogen-bond donors (Lipinski definition) is 3. The highest BCUT2D eigenvalue weighted by Gasteiger charge is 2.27. The van der Waals surface area contributed by atoms with Gasteiger partial charge in [-0.15, -0.1) is 10.2 Å². The molecule has 1 fully saturated rings. The van der Waals surface area contributed by atoms with Gasteiger partial charge in [0, 0.05) is 6.04 Å². The predicted molar refractivity (Wildman–Crippen MR) is 70.8 cm³/mol. The lowest BCUT2D eigenvalue weighted by atomic mass is 10.2. The minimum Gasteiger partial charge on any atom is -0.481 e. The lowest BCUT2D eigenvalue weighted by Gasteiger charge is -2.12. The first kappa shape index (κ1) is 15.3. The van der Waals surface area contributed by atoms with Crippen LogP contribution in [0.2, 0.25) is 0 Å². The quantitative estimate of drug-likeness (QED) is 0.559. The number of carbonyl (C=O) groups excluding carboxylic acids is 1. The van der Waals surface area contributed by atoms with E-state index >= 15 is 0 Å². The van der Waals surface area contributed by atoms with Crippen LogP contribution in [-0.2, 0) is 14.4 Å². The van der Waals surface area contributed by atoms with Crippen molar-refractivity contribution in [2.45, 2.75) is 36.5 Å². The molecule has 3 N–H and O–H groups in total. The van der Waals surface area contributed by atoms with Crippen LogP contribution in [0.5, 0.6) is 0 Å². The molecule has 0 aliphatic heterocycles. The molecule has 2 rings (SSSR count). The number of carboxylic acid groups (broad SMARTS) is 2. The number of aliphatic carboxylic acids is 2. The fraction of sp³-hybridized carbons (Fsp3) is 0.545. The largest absolute Gasteiger partial charge is 0.481 e. The lowest BCUT2D eigenvalue weighted by Crippen LogP contribution is -2.43. The van der Waals surface area contributed by atoms with Gasteiger partial charge in [-0.3, -0.25) is 9.59 Å². The molecule has 10 heteroatoms. The molecule has 1 aromatic rings. The summed E-state index contributed by atoms with van der Waals surface area (Å²) in [5.41, 5.74) is 0. The van der Waals surface area contributed by atoms with Gasteiger partial charge in [-0.1, -0.05) is 11.8 Å². The van der Waals surface area contributed by atoms with Crippen molar-refractivity contribution in [1.29, 1.82) is 0 Å². The summed E-state index contributed by atoms with van der Waals surface area (Å²) in [5.74, 6) is -3.27. The minimum atomic E-state index is -1.43. The number of amides is 1. The van der Waals surface area contributed by atoms with Crippen molar-refractivity contribution >= 4 is 29.6 Å². The summed E-state index contributed by atoms with van der Waals surface area (Å²) in [7, 11) is 0. The SMILES string of the molecule is O=C(O)C[C@@H](NC(=O)CSc1nncn1C1CC1)C(=O)O. The van der Waals surface area contributed by atoms with Crippen LogP contribution in [0.25, 0.3) is 0 Å². The number of aromatic nitrogens is 3. The van der Waals surface area contributed by atoms with Crippen LogP contribution in [0.15, 0.2) is 11.5 Å². The summed E-state index contributed by atoms with van der Waals surface area (Å²) in [6.07, 6.45) is 3.04. The highest BCUT2D eigenvalue weighted by atomic mass is 32.2. The third-order valence-electron chi connectivity index (χ3n) is 2.82.